The van der Waals surface area contributed by atoms with Crippen LogP contribution in [0.15, 0.2) is 70.9 Å². The second-order valence-corrected chi connectivity index (χ2v) is 10.9. The number of piperidine rings is 1. The van der Waals surface area contributed by atoms with Crippen molar-refractivity contribution in [3.05, 3.63) is 87.9 Å². The number of aryl methyl sites for hydroxylation is 1. The molecule has 1 unspecified atom stereocenters. The standard InChI is InChI=1S/C24H25FN2O3S2/c1-17-4-6-18(7-5-17)23(22-3-2-16-31-22)26-24(28)19-12-14-27(15-13-19)32(29,30)21-10-8-20(25)9-11-21/h2-11,16,19,23H,12-15H2,1H3,(H,26,28). The highest BCUT2D eigenvalue weighted by Crippen LogP contribution is 2.29. The van der Waals surface area contributed by atoms with Crippen molar-refractivity contribution in [3.63, 3.8) is 0 Å². The van der Waals surface area contributed by atoms with Crippen molar-refractivity contribution in [1.82, 2.24) is 9.62 Å². The van der Waals surface area contributed by atoms with E-state index in [9.17, 15) is 17.6 Å². The van der Waals surface area contributed by atoms with Crippen molar-refractivity contribution in [2.45, 2.75) is 30.7 Å². The second-order valence-electron chi connectivity index (χ2n) is 8.00. The maximum Gasteiger partial charge on any atom is 0.243 e. The summed E-state index contributed by atoms with van der Waals surface area (Å²) in [5.74, 6) is -0.807. The zero-order chi connectivity index (χ0) is 22.7. The summed E-state index contributed by atoms with van der Waals surface area (Å²) in [7, 11) is -3.70. The fourth-order valence-electron chi connectivity index (χ4n) is 3.91. The molecule has 0 aliphatic carbocycles. The molecular weight excluding hydrogens is 447 g/mol. The molecule has 1 aliphatic heterocycles. The van der Waals surface area contributed by atoms with Gasteiger partial charge in [0.15, 0.2) is 0 Å². The number of nitrogens with one attached hydrogen (secondary N) is 1. The zero-order valence-corrected chi connectivity index (χ0v) is 19.3. The van der Waals surface area contributed by atoms with Crippen molar-refractivity contribution in [3.8, 4) is 0 Å². The van der Waals surface area contributed by atoms with Crippen LogP contribution in [0.5, 0.6) is 0 Å². The average molecular weight is 473 g/mol. The smallest absolute Gasteiger partial charge is 0.243 e. The molecule has 4 rings (SSSR count). The van der Waals surface area contributed by atoms with Gasteiger partial charge in [-0.2, -0.15) is 4.31 Å². The topological polar surface area (TPSA) is 66.5 Å². The molecular formula is C24H25FN2O3S2. The third-order valence-corrected chi connectivity index (χ3v) is 8.65. The summed E-state index contributed by atoms with van der Waals surface area (Å²) in [5.41, 5.74) is 2.17. The molecule has 168 valence electrons. The van der Waals surface area contributed by atoms with E-state index in [-0.39, 0.29) is 35.9 Å². The van der Waals surface area contributed by atoms with Crippen LogP contribution in [0.2, 0.25) is 0 Å². The first-order valence-electron chi connectivity index (χ1n) is 10.5. The van der Waals surface area contributed by atoms with Crippen LogP contribution in [0.3, 0.4) is 0 Å². The molecule has 32 heavy (non-hydrogen) atoms. The Kier molecular flexibility index (Phi) is 6.74. The van der Waals surface area contributed by atoms with Gasteiger partial charge in [0, 0.05) is 23.9 Å². The van der Waals surface area contributed by atoms with E-state index in [0.717, 1.165) is 28.1 Å². The number of halogens is 1. The molecule has 8 heteroatoms. The van der Waals surface area contributed by atoms with E-state index < -0.39 is 15.8 Å². The first kappa shape index (κ1) is 22.6. The number of sulfonamides is 1. The number of hydrogen-bond donors (Lipinski definition) is 1. The second kappa shape index (κ2) is 9.52. The van der Waals surface area contributed by atoms with E-state index in [0.29, 0.717) is 12.8 Å². The molecule has 1 amide bonds. The van der Waals surface area contributed by atoms with Gasteiger partial charge in [0.25, 0.3) is 0 Å². The minimum Gasteiger partial charge on any atom is -0.344 e. The van der Waals surface area contributed by atoms with Crippen LogP contribution in [-0.4, -0.2) is 31.7 Å². The maximum absolute atomic E-state index is 13.2. The van der Waals surface area contributed by atoms with Crippen LogP contribution in [0.4, 0.5) is 4.39 Å². The summed E-state index contributed by atoms with van der Waals surface area (Å²) in [5, 5.41) is 5.17. The van der Waals surface area contributed by atoms with Gasteiger partial charge >= 0.3 is 0 Å². The van der Waals surface area contributed by atoms with E-state index in [1.165, 1.54) is 16.4 Å². The molecule has 2 heterocycles. The van der Waals surface area contributed by atoms with Gasteiger partial charge in [0.1, 0.15) is 5.82 Å². The SMILES string of the molecule is Cc1ccc(C(NC(=O)C2CCN(S(=O)(=O)c3ccc(F)cc3)CC2)c2cccs2)cc1. The number of benzene rings is 2. The fraction of sp³-hybridized carbons (Fsp3) is 0.292. The molecule has 0 saturated carbocycles. The quantitative estimate of drug-likeness (QED) is 0.574. The molecule has 0 bridgehead atoms. The molecule has 1 aromatic heterocycles. The third kappa shape index (κ3) is 4.92. The van der Waals surface area contributed by atoms with Crippen molar-refractivity contribution < 1.29 is 17.6 Å². The third-order valence-electron chi connectivity index (χ3n) is 5.80. The van der Waals surface area contributed by atoms with Crippen molar-refractivity contribution in [2.24, 2.45) is 5.92 Å². The summed E-state index contributed by atoms with van der Waals surface area (Å²) in [6.07, 6.45) is 0.884. The lowest BCUT2D eigenvalue weighted by molar-refractivity contribution is -0.126. The summed E-state index contributed by atoms with van der Waals surface area (Å²) in [4.78, 5) is 14.2. The van der Waals surface area contributed by atoms with E-state index in [2.05, 4.69) is 5.32 Å². The first-order valence-corrected chi connectivity index (χ1v) is 12.8. The Morgan fingerprint density at radius 3 is 2.31 bits per heavy atom. The number of amides is 1. The molecule has 1 fully saturated rings. The molecule has 3 aromatic rings. The maximum atomic E-state index is 13.2. The Morgan fingerprint density at radius 2 is 1.72 bits per heavy atom. The number of rotatable bonds is 6. The molecule has 0 spiro atoms. The van der Waals surface area contributed by atoms with Crippen LogP contribution in [-0.2, 0) is 14.8 Å². The Morgan fingerprint density at radius 1 is 1.06 bits per heavy atom. The van der Waals surface area contributed by atoms with Gasteiger partial charge in [0.05, 0.1) is 10.9 Å². The summed E-state index contributed by atoms with van der Waals surface area (Å²) >= 11 is 1.59. The monoisotopic (exact) mass is 472 g/mol. The highest BCUT2D eigenvalue weighted by Gasteiger charge is 2.33. The highest BCUT2D eigenvalue weighted by atomic mass is 32.2. The minimum atomic E-state index is -3.70. The zero-order valence-electron chi connectivity index (χ0n) is 17.7. The lowest BCUT2D eigenvalue weighted by Gasteiger charge is -2.31. The summed E-state index contributed by atoms with van der Waals surface area (Å²) in [6, 6.07) is 16.7. The van der Waals surface area contributed by atoms with Crippen LogP contribution in [0.1, 0.15) is 34.9 Å². The van der Waals surface area contributed by atoms with Crippen LogP contribution < -0.4 is 5.32 Å². The van der Waals surface area contributed by atoms with E-state index in [1.807, 2.05) is 48.7 Å². The first-order chi connectivity index (χ1) is 15.3. The van der Waals surface area contributed by atoms with Gasteiger partial charge in [-0.05, 0) is 61.0 Å². The number of carbonyl (C=O) groups is 1. The Hall–Kier alpha value is -2.55. The summed E-state index contributed by atoms with van der Waals surface area (Å²) < 4.78 is 40.2. The number of hydrogen-bond acceptors (Lipinski definition) is 4. The van der Waals surface area contributed by atoms with Crippen LogP contribution >= 0.6 is 11.3 Å². The van der Waals surface area contributed by atoms with Crippen molar-refractivity contribution in [1.29, 1.82) is 0 Å². The Bertz CT molecular complexity index is 1150. The van der Waals surface area contributed by atoms with E-state index in [4.69, 9.17) is 0 Å². The average Bonchev–Trinajstić information content (AvgIpc) is 3.33. The Labute approximate surface area is 191 Å². The van der Waals surface area contributed by atoms with Crippen LogP contribution in [0.25, 0.3) is 0 Å². The summed E-state index contributed by atoms with van der Waals surface area (Å²) in [6.45, 7) is 2.54. The normalized spacial score (nSPS) is 16.6. The van der Waals surface area contributed by atoms with Crippen LogP contribution in [0, 0.1) is 18.7 Å². The highest BCUT2D eigenvalue weighted by molar-refractivity contribution is 7.89. The van der Waals surface area contributed by atoms with Gasteiger partial charge in [-0.3, -0.25) is 4.79 Å². The largest absolute Gasteiger partial charge is 0.344 e. The number of nitrogens with zero attached hydrogens (tertiary/aromatic N) is 1. The molecule has 1 atom stereocenters. The van der Waals surface area contributed by atoms with E-state index >= 15 is 0 Å². The molecule has 1 saturated heterocycles. The van der Waals surface area contributed by atoms with Gasteiger partial charge in [-0.15, -0.1) is 11.3 Å². The molecule has 2 aromatic carbocycles. The van der Waals surface area contributed by atoms with Gasteiger partial charge in [0.2, 0.25) is 15.9 Å². The lowest BCUT2D eigenvalue weighted by atomic mass is 9.95. The molecule has 1 aliphatic rings. The van der Waals surface area contributed by atoms with Gasteiger partial charge in [-0.1, -0.05) is 35.9 Å². The number of thiophene rings is 1. The van der Waals surface area contributed by atoms with Crippen molar-refractivity contribution in [2.75, 3.05) is 13.1 Å². The predicted molar refractivity (Wildman–Crippen MR) is 123 cm³/mol. The Balaban J connectivity index is 1.43. The van der Waals surface area contributed by atoms with Crippen molar-refractivity contribution >= 4 is 27.3 Å². The molecule has 5 nitrogen and oxygen atoms in total. The van der Waals surface area contributed by atoms with E-state index in [1.54, 1.807) is 11.3 Å². The van der Waals surface area contributed by atoms with Gasteiger partial charge in [-0.25, -0.2) is 12.8 Å². The number of carbonyl (C=O) groups excluding carboxylic acids is 1. The fourth-order valence-corrected chi connectivity index (χ4v) is 6.18. The predicted octanol–water partition coefficient (Wildman–Crippen LogP) is 4.50. The minimum absolute atomic E-state index is 0.0668. The lowest BCUT2D eigenvalue weighted by Crippen LogP contribution is -2.43. The van der Waals surface area contributed by atoms with Gasteiger partial charge < -0.3 is 5.32 Å². The molecule has 0 radical (unpaired) electrons. The molecule has 1 N–H and O–H groups in total.